The van der Waals surface area contributed by atoms with Gasteiger partial charge in [0.2, 0.25) is 0 Å². The summed E-state index contributed by atoms with van der Waals surface area (Å²) >= 11 is 2.20. The van der Waals surface area contributed by atoms with Gasteiger partial charge in [-0.05, 0) is 38.0 Å². The van der Waals surface area contributed by atoms with Crippen LogP contribution in [0.5, 0.6) is 0 Å². The molecule has 0 aromatic carbocycles. The lowest BCUT2D eigenvalue weighted by molar-refractivity contribution is 0.543. The van der Waals surface area contributed by atoms with E-state index in [4.69, 9.17) is 0 Å². The van der Waals surface area contributed by atoms with Crippen molar-refractivity contribution in [2.45, 2.75) is 57.2 Å². The molecule has 0 aromatic rings. The number of rotatable bonds is 6. The molecule has 1 aliphatic carbocycles. The lowest BCUT2D eigenvalue weighted by Gasteiger charge is -2.11. The van der Waals surface area contributed by atoms with E-state index in [9.17, 15) is 0 Å². The fourth-order valence-corrected chi connectivity index (χ4v) is 3.42. The topological polar surface area (TPSA) is 12.0 Å². The van der Waals surface area contributed by atoms with E-state index in [-0.39, 0.29) is 0 Å². The highest BCUT2D eigenvalue weighted by molar-refractivity contribution is 7.99. The second-order valence-corrected chi connectivity index (χ2v) is 5.32. The maximum absolute atomic E-state index is 3.55. The fraction of sp³-hybridized carbons (Fsp3) is 1.00. The minimum Gasteiger partial charge on any atom is -0.314 e. The Kier molecular flexibility index (Phi) is 5.88. The first-order valence-corrected chi connectivity index (χ1v) is 6.76. The van der Waals surface area contributed by atoms with Crippen molar-refractivity contribution in [2.75, 3.05) is 12.3 Å². The Bertz CT molecular complexity index is 127. The Morgan fingerprint density at radius 3 is 2.85 bits per heavy atom. The molecule has 2 atom stereocenters. The molecular formula is C11H23NS. The van der Waals surface area contributed by atoms with Crippen molar-refractivity contribution in [3.8, 4) is 0 Å². The number of unbranched alkanes of at least 4 members (excludes halogenated alkanes) is 1. The zero-order valence-electron chi connectivity index (χ0n) is 9.01. The summed E-state index contributed by atoms with van der Waals surface area (Å²) in [4.78, 5) is 0. The van der Waals surface area contributed by atoms with E-state index in [2.05, 4.69) is 30.9 Å². The van der Waals surface area contributed by atoms with Crippen LogP contribution in [0.15, 0.2) is 0 Å². The van der Waals surface area contributed by atoms with Gasteiger partial charge in [-0.3, -0.25) is 0 Å². The highest BCUT2D eigenvalue weighted by atomic mass is 32.2. The predicted octanol–water partition coefficient (Wildman–Crippen LogP) is 3.05. The van der Waals surface area contributed by atoms with Gasteiger partial charge in [-0.1, -0.05) is 20.3 Å². The largest absolute Gasteiger partial charge is 0.314 e. The molecular weight excluding hydrogens is 178 g/mol. The summed E-state index contributed by atoms with van der Waals surface area (Å²) in [7, 11) is 0. The van der Waals surface area contributed by atoms with Crippen molar-refractivity contribution < 1.29 is 0 Å². The van der Waals surface area contributed by atoms with Gasteiger partial charge in [0.05, 0.1) is 0 Å². The van der Waals surface area contributed by atoms with Crippen LogP contribution in [0.25, 0.3) is 0 Å². The highest BCUT2D eigenvalue weighted by Crippen LogP contribution is 2.30. The van der Waals surface area contributed by atoms with Crippen LogP contribution in [0, 0.1) is 0 Å². The Morgan fingerprint density at radius 1 is 1.31 bits per heavy atom. The summed E-state index contributed by atoms with van der Waals surface area (Å²) in [5, 5.41) is 4.51. The Morgan fingerprint density at radius 2 is 2.15 bits per heavy atom. The van der Waals surface area contributed by atoms with Gasteiger partial charge in [-0.25, -0.2) is 0 Å². The van der Waals surface area contributed by atoms with Crippen LogP contribution < -0.4 is 5.32 Å². The summed E-state index contributed by atoms with van der Waals surface area (Å²) in [6, 6.07) is 0.823. The third-order valence-corrected chi connectivity index (χ3v) is 4.15. The van der Waals surface area contributed by atoms with Crippen LogP contribution in [0.4, 0.5) is 0 Å². The minimum absolute atomic E-state index is 0.823. The minimum atomic E-state index is 0.823. The van der Waals surface area contributed by atoms with Gasteiger partial charge in [-0.2, -0.15) is 11.8 Å². The van der Waals surface area contributed by atoms with Crippen LogP contribution in [0.3, 0.4) is 0 Å². The summed E-state index contributed by atoms with van der Waals surface area (Å²) in [5.41, 5.74) is 0. The van der Waals surface area contributed by atoms with E-state index in [1.807, 2.05) is 0 Å². The lowest BCUT2D eigenvalue weighted by atomic mass is 10.2. The Balaban J connectivity index is 2.03. The van der Waals surface area contributed by atoms with Gasteiger partial charge in [-0.15, -0.1) is 0 Å². The van der Waals surface area contributed by atoms with Gasteiger partial charge in [0.1, 0.15) is 0 Å². The van der Waals surface area contributed by atoms with E-state index in [1.165, 1.54) is 37.9 Å². The standard InChI is InChI=1S/C11H23NS/c1-3-5-8-13-11-7-6-10(9-11)12-4-2/h10-12H,3-9H2,1-2H3. The summed E-state index contributed by atoms with van der Waals surface area (Å²) < 4.78 is 0. The van der Waals surface area contributed by atoms with Crippen LogP contribution in [-0.2, 0) is 0 Å². The third-order valence-electron chi connectivity index (χ3n) is 2.73. The van der Waals surface area contributed by atoms with Crippen molar-refractivity contribution in [2.24, 2.45) is 0 Å². The molecule has 0 amide bonds. The van der Waals surface area contributed by atoms with Crippen molar-refractivity contribution in [1.29, 1.82) is 0 Å². The molecule has 1 fully saturated rings. The van der Waals surface area contributed by atoms with Crippen molar-refractivity contribution in [3.63, 3.8) is 0 Å². The predicted molar refractivity (Wildman–Crippen MR) is 62.5 cm³/mol. The first kappa shape index (κ1) is 11.4. The molecule has 13 heavy (non-hydrogen) atoms. The number of nitrogens with one attached hydrogen (secondary N) is 1. The van der Waals surface area contributed by atoms with Crippen molar-refractivity contribution >= 4 is 11.8 Å². The first-order chi connectivity index (χ1) is 6.36. The van der Waals surface area contributed by atoms with Crippen LogP contribution in [0.1, 0.15) is 46.0 Å². The Labute approximate surface area is 87.1 Å². The first-order valence-electron chi connectivity index (χ1n) is 5.71. The molecule has 0 heterocycles. The molecule has 0 bridgehead atoms. The van der Waals surface area contributed by atoms with Gasteiger partial charge in [0, 0.05) is 11.3 Å². The summed E-state index contributed by atoms with van der Waals surface area (Å²) in [5.74, 6) is 1.38. The van der Waals surface area contributed by atoms with Gasteiger partial charge >= 0.3 is 0 Å². The van der Waals surface area contributed by atoms with E-state index in [1.54, 1.807) is 0 Å². The van der Waals surface area contributed by atoms with E-state index >= 15 is 0 Å². The number of hydrogen-bond donors (Lipinski definition) is 1. The maximum Gasteiger partial charge on any atom is 0.00778 e. The molecule has 0 spiro atoms. The molecule has 2 heteroatoms. The van der Waals surface area contributed by atoms with Gasteiger partial charge in [0.25, 0.3) is 0 Å². The second-order valence-electron chi connectivity index (χ2n) is 3.91. The third kappa shape index (κ3) is 4.37. The maximum atomic E-state index is 3.55. The molecule has 1 saturated carbocycles. The smallest absolute Gasteiger partial charge is 0.00778 e. The SMILES string of the molecule is CCCCSC1CCC(NCC)C1. The van der Waals surface area contributed by atoms with Crippen LogP contribution in [-0.4, -0.2) is 23.6 Å². The second kappa shape index (κ2) is 6.72. The lowest BCUT2D eigenvalue weighted by Crippen LogP contribution is -2.26. The summed E-state index contributed by atoms with van der Waals surface area (Å²) in [6.07, 6.45) is 6.98. The molecule has 1 rings (SSSR count). The molecule has 1 nitrogen and oxygen atoms in total. The van der Waals surface area contributed by atoms with Gasteiger partial charge in [0.15, 0.2) is 0 Å². The summed E-state index contributed by atoms with van der Waals surface area (Å²) in [6.45, 7) is 5.62. The van der Waals surface area contributed by atoms with E-state index in [0.29, 0.717) is 0 Å². The molecule has 1 N–H and O–H groups in total. The molecule has 1 aliphatic rings. The molecule has 0 aliphatic heterocycles. The molecule has 0 aromatic heterocycles. The molecule has 78 valence electrons. The van der Waals surface area contributed by atoms with Crippen molar-refractivity contribution in [1.82, 2.24) is 5.32 Å². The van der Waals surface area contributed by atoms with Crippen molar-refractivity contribution in [3.05, 3.63) is 0 Å². The molecule has 0 saturated heterocycles. The monoisotopic (exact) mass is 201 g/mol. The zero-order valence-corrected chi connectivity index (χ0v) is 9.83. The normalized spacial score (nSPS) is 28.2. The fourth-order valence-electron chi connectivity index (χ4n) is 1.96. The average molecular weight is 201 g/mol. The van der Waals surface area contributed by atoms with Crippen LogP contribution in [0.2, 0.25) is 0 Å². The number of hydrogen-bond acceptors (Lipinski definition) is 2. The molecule has 0 radical (unpaired) electrons. The van der Waals surface area contributed by atoms with E-state index in [0.717, 1.165) is 17.8 Å². The van der Waals surface area contributed by atoms with Gasteiger partial charge < -0.3 is 5.32 Å². The Hall–Kier alpha value is 0.310. The molecule has 2 unspecified atom stereocenters. The average Bonchev–Trinajstić information content (AvgIpc) is 2.54. The zero-order chi connectivity index (χ0) is 9.52. The van der Waals surface area contributed by atoms with E-state index < -0.39 is 0 Å². The van der Waals surface area contributed by atoms with Crippen LogP contribution >= 0.6 is 11.8 Å². The quantitative estimate of drug-likeness (QED) is 0.663. The number of thioether (sulfide) groups is 1. The highest BCUT2D eigenvalue weighted by Gasteiger charge is 2.23.